The van der Waals surface area contributed by atoms with Gasteiger partial charge in [-0.05, 0) is 12.1 Å². The Balaban J connectivity index is 3.21. The summed E-state index contributed by atoms with van der Waals surface area (Å²) >= 11 is 0. The van der Waals surface area contributed by atoms with Crippen LogP contribution in [-0.4, -0.2) is 31.8 Å². The van der Waals surface area contributed by atoms with Gasteiger partial charge in [-0.2, -0.15) is 8.78 Å². The Morgan fingerprint density at radius 1 is 1.37 bits per heavy atom. The van der Waals surface area contributed by atoms with Gasteiger partial charge in [-0.25, -0.2) is 8.42 Å². The second kappa shape index (κ2) is 5.83. The summed E-state index contributed by atoms with van der Waals surface area (Å²) in [7, 11) is -4.95. The van der Waals surface area contributed by atoms with Gasteiger partial charge < -0.3 is 10.8 Å². The number of nitrogens with two attached hydrogens (primary N) is 1. The number of alkyl halides is 2. The number of rotatable bonds is 6. The van der Waals surface area contributed by atoms with E-state index in [2.05, 4.69) is 0 Å². The summed E-state index contributed by atoms with van der Waals surface area (Å²) in [4.78, 5) is 10.5. The third-order valence-corrected chi connectivity index (χ3v) is 3.71. The van der Waals surface area contributed by atoms with Gasteiger partial charge in [0.15, 0.2) is 0 Å². The van der Waals surface area contributed by atoms with Gasteiger partial charge in [-0.1, -0.05) is 12.1 Å². The van der Waals surface area contributed by atoms with Crippen molar-refractivity contribution in [2.75, 3.05) is 16.6 Å². The lowest BCUT2D eigenvalue weighted by atomic mass is 10.2. The molecule has 3 N–H and O–H groups in total. The van der Waals surface area contributed by atoms with Gasteiger partial charge >= 0.3 is 11.7 Å². The van der Waals surface area contributed by atoms with Crippen LogP contribution in [0.3, 0.4) is 0 Å². The van der Waals surface area contributed by atoms with Crippen molar-refractivity contribution in [2.24, 2.45) is 0 Å². The summed E-state index contributed by atoms with van der Waals surface area (Å²) < 4.78 is 48.5. The van der Waals surface area contributed by atoms with E-state index in [0.29, 0.717) is 4.31 Å². The Morgan fingerprint density at radius 2 is 1.95 bits per heavy atom. The van der Waals surface area contributed by atoms with E-state index in [-0.39, 0.29) is 11.4 Å². The Hall–Kier alpha value is -1.90. The highest BCUT2D eigenvalue weighted by atomic mass is 32.2. The number of nitrogens with zero attached hydrogens (tertiary/aromatic N) is 1. The molecule has 1 aromatic rings. The fourth-order valence-corrected chi connectivity index (χ4v) is 2.37. The van der Waals surface area contributed by atoms with Crippen LogP contribution in [0.5, 0.6) is 0 Å². The fourth-order valence-electron chi connectivity index (χ4n) is 1.39. The highest BCUT2D eigenvalue weighted by Crippen LogP contribution is 2.27. The van der Waals surface area contributed by atoms with Crippen LogP contribution in [0.15, 0.2) is 24.3 Å². The molecule has 0 bridgehead atoms. The predicted molar refractivity (Wildman–Crippen MR) is 65.4 cm³/mol. The first-order chi connectivity index (χ1) is 8.76. The maximum Gasteiger partial charge on any atom is 0.355 e. The zero-order valence-electron chi connectivity index (χ0n) is 9.66. The Kier molecular flexibility index (Phi) is 4.65. The molecule has 0 saturated carbocycles. The summed E-state index contributed by atoms with van der Waals surface area (Å²) in [6.45, 7) is -0.615. The number of anilines is 2. The van der Waals surface area contributed by atoms with E-state index in [4.69, 9.17) is 10.8 Å². The molecule has 0 saturated heterocycles. The molecule has 0 fully saturated rings. The van der Waals surface area contributed by atoms with Crippen LogP contribution in [0, 0.1) is 0 Å². The molecular weight excluding hydrogens is 282 g/mol. The lowest BCUT2D eigenvalue weighted by Gasteiger charge is -2.24. The van der Waals surface area contributed by atoms with Crippen LogP contribution in [0.4, 0.5) is 20.2 Å². The van der Waals surface area contributed by atoms with E-state index < -0.39 is 34.7 Å². The lowest BCUT2D eigenvalue weighted by molar-refractivity contribution is -0.136. The number of aliphatic carboxylic acids is 1. The normalized spacial score (nSPS) is 11.5. The van der Waals surface area contributed by atoms with Gasteiger partial charge in [0.25, 0.3) is 10.0 Å². The van der Waals surface area contributed by atoms with Gasteiger partial charge in [0, 0.05) is 6.54 Å². The van der Waals surface area contributed by atoms with Crippen LogP contribution in [-0.2, 0) is 14.8 Å². The summed E-state index contributed by atoms with van der Waals surface area (Å²) in [5.74, 6) is -4.95. The van der Waals surface area contributed by atoms with Gasteiger partial charge in [0.05, 0.1) is 17.8 Å². The third-order valence-electron chi connectivity index (χ3n) is 2.27. The SMILES string of the molecule is Nc1ccccc1N(CCC(=O)O)S(=O)(=O)C(F)F. The molecule has 0 aliphatic rings. The van der Waals surface area contributed by atoms with Crippen molar-refractivity contribution in [3.8, 4) is 0 Å². The van der Waals surface area contributed by atoms with Crippen LogP contribution in [0.1, 0.15) is 6.42 Å². The van der Waals surface area contributed by atoms with Crippen molar-refractivity contribution in [1.29, 1.82) is 0 Å². The highest BCUT2D eigenvalue weighted by Gasteiger charge is 2.33. The van der Waals surface area contributed by atoms with E-state index in [0.717, 1.165) is 0 Å². The van der Waals surface area contributed by atoms with Gasteiger partial charge in [-0.3, -0.25) is 9.10 Å². The molecule has 0 heterocycles. The molecule has 106 valence electrons. The highest BCUT2D eigenvalue weighted by molar-refractivity contribution is 7.93. The maximum absolute atomic E-state index is 12.6. The summed E-state index contributed by atoms with van der Waals surface area (Å²) in [5.41, 5.74) is 5.33. The molecular formula is C10H12F2N2O4S. The number of hydrogen-bond acceptors (Lipinski definition) is 4. The monoisotopic (exact) mass is 294 g/mol. The molecule has 0 amide bonds. The van der Waals surface area contributed by atoms with Crippen LogP contribution >= 0.6 is 0 Å². The van der Waals surface area contributed by atoms with E-state index >= 15 is 0 Å². The Labute approximate surface area is 108 Å². The molecule has 0 aliphatic carbocycles. The zero-order chi connectivity index (χ0) is 14.6. The van der Waals surface area contributed by atoms with Gasteiger partial charge in [0.1, 0.15) is 0 Å². The molecule has 0 aliphatic heterocycles. The van der Waals surface area contributed by atoms with Crippen molar-refractivity contribution in [3.63, 3.8) is 0 Å². The first kappa shape index (κ1) is 15.2. The van der Waals surface area contributed by atoms with Gasteiger partial charge in [0.2, 0.25) is 0 Å². The number of benzene rings is 1. The molecule has 0 radical (unpaired) electrons. The predicted octanol–water partition coefficient (Wildman–Crippen LogP) is 1.10. The van der Waals surface area contributed by atoms with Gasteiger partial charge in [-0.15, -0.1) is 0 Å². The van der Waals surface area contributed by atoms with Crippen molar-refractivity contribution in [2.45, 2.75) is 12.2 Å². The maximum atomic E-state index is 12.6. The third kappa shape index (κ3) is 3.53. The summed E-state index contributed by atoms with van der Waals surface area (Å²) in [6, 6.07) is 5.49. The minimum absolute atomic E-state index is 0.0305. The molecule has 19 heavy (non-hydrogen) atoms. The Bertz CT molecular complexity index is 562. The minimum atomic E-state index is -4.95. The second-order valence-electron chi connectivity index (χ2n) is 3.58. The van der Waals surface area contributed by atoms with E-state index in [1.165, 1.54) is 24.3 Å². The van der Waals surface area contributed by atoms with Crippen molar-refractivity contribution in [1.82, 2.24) is 0 Å². The lowest BCUT2D eigenvalue weighted by Crippen LogP contribution is -2.37. The number of para-hydroxylation sites is 2. The molecule has 6 nitrogen and oxygen atoms in total. The van der Waals surface area contributed by atoms with Crippen LogP contribution in [0.25, 0.3) is 0 Å². The minimum Gasteiger partial charge on any atom is -0.481 e. The zero-order valence-corrected chi connectivity index (χ0v) is 10.5. The number of nitrogen functional groups attached to an aromatic ring is 1. The van der Waals surface area contributed by atoms with E-state index in [9.17, 15) is 22.0 Å². The number of carboxylic acids is 1. The topological polar surface area (TPSA) is 101 Å². The number of carboxylic acid groups (broad SMARTS) is 1. The van der Waals surface area contributed by atoms with Crippen molar-refractivity contribution in [3.05, 3.63) is 24.3 Å². The quantitative estimate of drug-likeness (QED) is 0.765. The number of halogens is 2. The second-order valence-corrected chi connectivity index (χ2v) is 5.41. The Morgan fingerprint density at radius 3 is 2.42 bits per heavy atom. The average Bonchev–Trinajstić information content (AvgIpc) is 2.30. The standard InChI is InChI=1S/C10H12F2N2O4S/c11-10(12)19(17,18)14(6-5-9(15)16)8-4-2-1-3-7(8)13/h1-4,10H,5-6,13H2,(H,15,16). The smallest absolute Gasteiger partial charge is 0.355 e. The van der Waals surface area contributed by atoms with Crippen LogP contribution in [0.2, 0.25) is 0 Å². The molecule has 0 atom stereocenters. The molecule has 9 heteroatoms. The van der Waals surface area contributed by atoms with E-state index in [1.54, 1.807) is 0 Å². The fraction of sp³-hybridized carbons (Fsp3) is 0.300. The molecule has 1 aromatic carbocycles. The van der Waals surface area contributed by atoms with Crippen LogP contribution < -0.4 is 10.0 Å². The summed E-state index contributed by atoms with van der Waals surface area (Å²) in [5, 5.41) is 8.54. The van der Waals surface area contributed by atoms with Crippen molar-refractivity contribution >= 4 is 27.4 Å². The number of hydrogen-bond donors (Lipinski definition) is 2. The van der Waals surface area contributed by atoms with E-state index in [1.807, 2.05) is 0 Å². The molecule has 0 aromatic heterocycles. The first-order valence-corrected chi connectivity index (χ1v) is 6.63. The first-order valence-electron chi connectivity index (χ1n) is 5.13. The average molecular weight is 294 g/mol. The summed E-state index contributed by atoms with van der Waals surface area (Å²) in [6.07, 6.45) is -0.611. The molecule has 0 spiro atoms. The molecule has 0 unspecified atom stereocenters. The van der Waals surface area contributed by atoms with Crippen molar-refractivity contribution < 1.29 is 27.1 Å². The number of carbonyl (C=O) groups is 1. The molecule has 1 rings (SSSR count). The largest absolute Gasteiger partial charge is 0.481 e. The number of sulfonamides is 1.